The molecule has 1 aliphatic carbocycles. The quantitative estimate of drug-likeness (QED) is 0.815. The lowest BCUT2D eigenvalue weighted by atomic mass is 9.78. The Morgan fingerprint density at radius 2 is 1.71 bits per heavy atom. The van der Waals surface area contributed by atoms with E-state index in [0.29, 0.717) is 6.04 Å². The maximum atomic E-state index is 5.52. The Balaban J connectivity index is 1.88. The summed E-state index contributed by atoms with van der Waals surface area (Å²) >= 11 is 0. The number of hydrogen-bond donors (Lipinski definition) is 1. The van der Waals surface area contributed by atoms with Crippen molar-refractivity contribution in [3.8, 4) is 0 Å². The normalized spacial score (nSPS) is 33.3. The molecule has 3 unspecified atom stereocenters. The van der Waals surface area contributed by atoms with Crippen LogP contribution < -0.4 is 5.32 Å². The number of nitrogens with zero attached hydrogens (tertiary/aromatic N) is 1. The second-order valence-corrected chi connectivity index (χ2v) is 7.75. The molecule has 0 aromatic rings. The highest BCUT2D eigenvalue weighted by Crippen LogP contribution is 2.29. The molecule has 2 fully saturated rings. The monoisotopic (exact) mass is 296 g/mol. The van der Waals surface area contributed by atoms with Gasteiger partial charge < -0.3 is 10.1 Å². The Labute approximate surface area is 131 Å². The van der Waals surface area contributed by atoms with Gasteiger partial charge in [-0.25, -0.2) is 0 Å². The zero-order valence-electron chi connectivity index (χ0n) is 14.6. The van der Waals surface area contributed by atoms with Crippen LogP contribution >= 0.6 is 0 Å². The molecule has 3 nitrogen and oxygen atoms in total. The summed E-state index contributed by atoms with van der Waals surface area (Å²) in [6, 6.07) is 1.39. The minimum absolute atomic E-state index is 0.676. The van der Waals surface area contributed by atoms with Crippen molar-refractivity contribution in [1.29, 1.82) is 0 Å². The zero-order valence-corrected chi connectivity index (χ0v) is 14.6. The predicted octanol–water partition coefficient (Wildman–Crippen LogP) is 3.15. The summed E-state index contributed by atoms with van der Waals surface area (Å²) in [6.45, 7) is 14.7. The van der Waals surface area contributed by atoms with Crippen molar-refractivity contribution in [2.24, 2.45) is 17.8 Å². The number of nitrogens with one attached hydrogen (secondary N) is 1. The van der Waals surface area contributed by atoms with E-state index < -0.39 is 0 Å². The Kier molecular flexibility index (Phi) is 6.97. The average molecular weight is 296 g/mol. The molecule has 21 heavy (non-hydrogen) atoms. The van der Waals surface area contributed by atoms with E-state index in [9.17, 15) is 0 Å². The van der Waals surface area contributed by atoms with Gasteiger partial charge in [0.15, 0.2) is 0 Å². The maximum Gasteiger partial charge on any atom is 0.0594 e. The van der Waals surface area contributed by atoms with Crippen LogP contribution in [0.1, 0.15) is 53.4 Å². The van der Waals surface area contributed by atoms with Crippen LogP contribution in [0.25, 0.3) is 0 Å². The second kappa shape index (κ2) is 8.50. The third-order valence-electron chi connectivity index (χ3n) is 5.44. The van der Waals surface area contributed by atoms with Crippen LogP contribution in [0.5, 0.6) is 0 Å². The molecular weight excluding hydrogens is 260 g/mol. The average Bonchev–Trinajstić information content (AvgIpc) is 2.46. The molecule has 0 amide bonds. The van der Waals surface area contributed by atoms with Crippen LogP contribution in [-0.4, -0.2) is 49.8 Å². The van der Waals surface area contributed by atoms with Gasteiger partial charge in [-0.15, -0.1) is 0 Å². The lowest BCUT2D eigenvalue weighted by molar-refractivity contribution is 0.0104. The van der Waals surface area contributed by atoms with Gasteiger partial charge in [-0.2, -0.15) is 0 Å². The third-order valence-corrected chi connectivity index (χ3v) is 5.44. The molecule has 0 spiro atoms. The smallest absolute Gasteiger partial charge is 0.0594 e. The van der Waals surface area contributed by atoms with Crippen LogP contribution in [0.2, 0.25) is 0 Å². The van der Waals surface area contributed by atoms with Crippen LogP contribution in [-0.2, 0) is 4.74 Å². The molecule has 2 aliphatic rings. The second-order valence-electron chi connectivity index (χ2n) is 7.75. The molecule has 1 aliphatic heterocycles. The summed E-state index contributed by atoms with van der Waals surface area (Å²) in [4.78, 5) is 2.65. The van der Waals surface area contributed by atoms with E-state index in [-0.39, 0.29) is 0 Å². The number of hydrogen-bond acceptors (Lipinski definition) is 3. The molecule has 3 atom stereocenters. The first-order chi connectivity index (χ1) is 10.1. The lowest BCUT2D eigenvalue weighted by Crippen LogP contribution is -2.52. The van der Waals surface area contributed by atoms with Gasteiger partial charge in [-0.1, -0.05) is 34.1 Å². The van der Waals surface area contributed by atoms with Crippen LogP contribution in [0.3, 0.4) is 0 Å². The van der Waals surface area contributed by atoms with Crippen LogP contribution in [0.15, 0.2) is 0 Å². The standard InChI is InChI=1S/C18H36N2O/c1-14(2)12-17(20-8-10-21-11-9-20)13-19-18-15(3)6-5-7-16(18)4/h14-19H,5-13H2,1-4H3. The van der Waals surface area contributed by atoms with E-state index in [4.69, 9.17) is 4.74 Å². The molecular formula is C18H36N2O. The van der Waals surface area contributed by atoms with Gasteiger partial charge in [-0.3, -0.25) is 4.90 Å². The van der Waals surface area contributed by atoms with Gasteiger partial charge in [0.2, 0.25) is 0 Å². The fraction of sp³-hybridized carbons (Fsp3) is 1.00. The topological polar surface area (TPSA) is 24.5 Å². The third kappa shape index (κ3) is 5.22. The molecule has 1 heterocycles. The molecule has 124 valence electrons. The summed E-state index contributed by atoms with van der Waals surface area (Å²) in [6.07, 6.45) is 5.50. The lowest BCUT2D eigenvalue weighted by Gasteiger charge is -2.40. The van der Waals surface area contributed by atoms with E-state index in [1.807, 2.05) is 0 Å². The van der Waals surface area contributed by atoms with Crippen LogP contribution in [0.4, 0.5) is 0 Å². The molecule has 0 bridgehead atoms. The molecule has 1 saturated carbocycles. The molecule has 1 N–H and O–H groups in total. The Morgan fingerprint density at radius 3 is 2.29 bits per heavy atom. The summed E-state index contributed by atoms with van der Waals surface area (Å²) < 4.78 is 5.52. The molecule has 0 radical (unpaired) electrons. The highest BCUT2D eigenvalue weighted by Gasteiger charge is 2.29. The van der Waals surface area contributed by atoms with Crippen molar-refractivity contribution in [2.75, 3.05) is 32.8 Å². The van der Waals surface area contributed by atoms with Crippen molar-refractivity contribution >= 4 is 0 Å². The first-order valence-corrected chi connectivity index (χ1v) is 9.13. The largest absolute Gasteiger partial charge is 0.379 e. The number of ether oxygens (including phenoxy) is 1. The van der Waals surface area contributed by atoms with E-state index >= 15 is 0 Å². The molecule has 1 saturated heterocycles. The van der Waals surface area contributed by atoms with Gasteiger partial charge in [-0.05, 0) is 37.0 Å². The molecule has 0 aromatic carbocycles. The Hall–Kier alpha value is -0.120. The fourth-order valence-electron chi connectivity index (χ4n) is 4.20. The molecule has 0 aromatic heterocycles. The van der Waals surface area contributed by atoms with E-state index in [1.54, 1.807) is 0 Å². The van der Waals surface area contributed by atoms with E-state index in [1.165, 1.54) is 25.7 Å². The molecule has 2 rings (SSSR count). The van der Waals surface area contributed by atoms with Gasteiger partial charge in [0.05, 0.1) is 13.2 Å². The molecule has 3 heteroatoms. The predicted molar refractivity (Wildman–Crippen MR) is 89.6 cm³/mol. The van der Waals surface area contributed by atoms with Gasteiger partial charge in [0.1, 0.15) is 0 Å². The zero-order chi connectivity index (χ0) is 15.2. The summed E-state index contributed by atoms with van der Waals surface area (Å²) in [5, 5.41) is 3.94. The first-order valence-electron chi connectivity index (χ1n) is 9.13. The highest BCUT2D eigenvalue weighted by atomic mass is 16.5. The summed E-state index contributed by atoms with van der Waals surface area (Å²) in [5.41, 5.74) is 0. The van der Waals surface area contributed by atoms with Crippen molar-refractivity contribution in [3.63, 3.8) is 0 Å². The highest BCUT2D eigenvalue weighted by molar-refractivity contribution is 4.86. The van der Waals surface area contributed by atoms with E-state index in [2.05, 4.69) is 37.9 Å². The minimum atomic E-state index is 0.676. The Morgan fingerprint density at radius 1 is 1.10 bits per heavy atom. The first kappa shape index (κ1) is 17.2. The van der Waals surface area contributed by atoms with Crippen molar-refractivity contribution in [2.45, 2.75) is 65.5 Å². The van der Waals surface area contributed by atoms with Crippen molar-refractivity contribution in [1.82, 2.24) is 10.2 Å². The van der Waals surface area contributed by atoms with Crippen molar-refractivity contribution < 1.29 is 4.74 Å². The number of morpholine rings is 1. The maximum absolute atomic E-state index is 5.52. The SMILES string of the molecule is CC(C)CC(CNC1C(C)CCCC1C)N1CCOCC1. The van der Waals surface area contributed by atoms with Gasteiger partial charge in [0, 0.05) is 31.7 Å². The Bertz CT molecular complexity index is 279. The number of rotatable bonds is 6. The van der Waals surface area contributed by atoms with Crippen LogP contribution in [0, 0.1) is 17.8 Å². The van der Waals surface area contributed by atoms with Gasteiger partial charge >= 0.3 is 0 Å². The van der Waals surface area contributed by atoms with Gasteiger partial charge in [0.25, 0.3) is 0 Å². The minimum Gasteiger partial charge on any atom is -0.379 e. The van der Waals surface area contributed by atoms with E-state index in [0.717, 1.165) is 56.6 Å². The fourth-order valence-corrected chi connectivity index (χ4v) is 4.20. The summed E-state index contributed by atoms with van der Waals surface area (Å²) in [5.74, 6) is 2.43. The summed E-state index contributed by atoms with van der Waals surface area (Å²) in [7, 11) is 0. The van der Waals surface area contributed by atoms with Crippen molar-refractivity contribution in [3.05, 3.63) is 0 Å².